The molecule has 176 valence electrons. The zero-order chi connectivity index (χ0) is 23.7. The lowest BCUT2D eigenvalue weighted by atomic mass is 10.0. The Morgan fingerprint density at radius 3 is 2.06 bits per heavy atom. The lowest BCUT2D eigenvalue weighted by Crippen LogP contribution is -2.60. The summed E-state index contributed by atoms with van der Waals surface area (Å²) in [4.78, 5) is 60.0. The predicted molar refractivity (Wildman–Crippen MR) is 108 cm³/mol. The van der Waals surface area contributed by atoms with E-state index in [0.717, 1.165) is 6.42 Å². The SMILES string of the molecule is CC(C)CC(NC(=O)C(NC(=O)C(CC(=O)O)NC(=O)C1CCCN1)C(C)O)C(=O)O. The molecule has 0 aromatic heterocycles. The quantitative estimate of drug-likeness (QED) is 0.181. The van der Waals surface area contributed by atoms with E-state index in [1.54, 1.807) is 13.8 Å². The molecule has 5 atom stereocenters. The molecule has 5 unspecified atom stereocenters. The van der Waals surface area contributed by atoms with Crippen LogP contribution in [0.4, 0.5) is 0 Å². The molecule has 1 fully saturated rings. The third-order valence-electron chi connectivity index (χ3n) is 4.77. The van der Waals surface area contributed by atoms with Crippen molar-refractivity contribution in [3.8, 4) is 0 Å². The summed E-state index contributed by atoms with van der Waals surface area (Å²) in [7, 11) is 0. The molecule has 1 aliphatic heterocycles. The van der Waals surface area contributed by atoms with Crippen molar-refractivity contribution in [2.45, 2.75) is 76.7 Å². The van der Waals surface area contributed by atoms with Gasteiger partial charge in [-0.2, -0.15) is 0 Å². The first-order chi connectivity index (χ1) is 14.4. The van der Waals surface area contributed by atoms with Gasteiger partial charge in [-0.15, -0.1) is 0 Å². The molecule has 0 radical (unpaired) electrons. The molecule has 12 nitrogen and oxygen atoms in total. The van der Waals surface area contributed by atoms with Crippen LogP contribution in [0.5, 0.6) is 0 Å². The highest BCUT2D eigenvalue weighted by molar-refractivity contribution is 5.95. The van der Waals surface area contributed by atoms with E-state index >= 15 is 0 Å². The molecule has 0 bridgehead atoms. The van der Waals surface area contributed by atoms with Gasteiger partial charge in [0.1, 0.15) is 18.1 Å². The smallest absolute Gasteiger partial charge is 0.326 e. The summed E-state index contributed by atoms with van der Waals surface area (Å²) in [6.45, 7) is 5.39. The van der Waals surface area contributed by atoms with Crippen molar-refractivity contribution >= 4 is 29.7 Å². The molecule has 0 saturated carbocycles. The number of aliphatic hydroxyl groups excluding tert-OH is 1. The van der Waals surface area contributed by atoms with E-state index in [9.17, 15) is 34.2 Å². The molecule has 12 heteroatoms. The van der Waals surface area contributed by atoms with Gasteiger partial charge in [-0.05, 0) is 38.6 Å². The molecule has 3 amide bonds. The largest absolute Gasteiger partial charge is 0.481 e. The highest BCUT2D eigenvalue weighted by Gasteiger charge is 2.34. The summed E-state index contributed by atoms with van der Waals surface area (Å²) in [6, 6.07) is -4.80. The van der Waals surface area contributed by atoms with E-state index in [-0.39, 0.29) is 12.3 Å². The fourth-order valence-corrected chi connectivity index (χ4v) is 3.18. The van der Waals surface area contributed by atoms with Gasteiger partial charge in [0.25, 0.3) is 0 Å². The maximum atomic E-state index is 12.6. The first kappa shape index (κ1) is 26.3. The minimum Gasteiger partial charge on any atom is -0.481 e. The third-order valence-corrected chi connectivity index (χ3v) is 4.77. The minimum absolute atomic E-state index is 0.0413. The summed E-state index contributed by atoms with van der Waals surface area (Å²) in [5.41, 5.74) is 0. The predicted octanol–water partition coefficient (Wildman–Crippen LogP) is -1.82. The van der Waals surface area contributed by atoms with Crippen LogP contribution < -0.4 is 21.3 Å². The Bertz CT molecular complexity index is 676. The molecule has 7 N–H and O–H groups in total. The summed E-state index contributed by atoms with van der Waals surface area (Å²) >= 11 is 0. The number of hydrogen-bond donors (Lipinski definition) is 7. The van der Waals surface area contributed by atoms with Crippen molar-refractivity contribution < 1.29 is 39.3 Å². The number of amides is 3. The standard InChI is InChI=1S/C19H32N4O8/c1-9(2)7-13(19(30)31)22-18(29)15(10(3)24)23-17(28)12(8-14(25)26)21-16(27)11-5-4-6-20-11/h9-13,15,20,24H,4-8H2,1-3H3,(H,21,27)(H,22,29)(H,23,28)(H,25,26)(H,30,31). The third kappa shape index (κ3) is 8.89. The highest BCUT2D eigenvalue weighted by atomic mass is 16.4. The van der Waals surface area contributed by atoms with Crippen LogP contribution in [0.1, 0.15) is 46.5 Å². The summed E-state index contributed by atoms with van der Waals surface area (Å²) in [5, 5.41) is 38.1. The molecule has 31 heavy (non-hydrogen) atoms. The fourth-order valence-electron chi connectivity index (χ4n) is 3.18. The number of carbonyl (C=O) groups excluding carboxylic acids is 3. The number of carboxylic acids is 2. The summed E-state index contributed by atoms with van der Waals surface area (Å²) < 4.78 is 0. The number of rotatable bonds is 12. The molecule has 0 aliphatic carbocycles. The highest BCUT2D eigenvalue weighted by Crippen LogP contribution is 2.08. The van der Waals surface area contributed by atoms with E-state index in [1.807, 2.05) is 0 Å². The van der Waals surface area contributed by atoms with Gasteiger partial charge in [0.2, 0.25) is 17.7 Å². The Morgan fingerprint density at radius 2 is 1.61 bits per heavy atom. The topological polar surface area (TPSA) is 194 Å². The number of nitrogens with one attached hydrogen (secondary N) is 4. The minimum atomic E-state index is -1.54. The molecule has 0 spiro atoms. The molecular formula is C19H32N4O8. The molecule has 1 aliphatic rings. The zero-order valence-electron chi connectivity index (χ0n) is 17.9. The van der Waals surface area contributed by atoms with E-state index < -0.39 is 66.4 Å². The van der Waals surface area contributed by atoms with Gasteiger partial charge >= 0.3 is 11.9 Å². The number of aliphatic carboxylic acids is 2. The second-order valence-electron chi connectivity index (χ2n) is 8.06. The number of hydrogen-bond acceptors (Lipinski definition) is 7. The molecule has 0 aromatic carbocycles. The van der Waals surface area contributed by atoms with E-state index in [1.165, 1.54) is 6.92 Å². The second-order valence-corrected chi connectivity index (χ2v) is 8.06. The van der Waals surface area contributed by atoms with E-state index in [2.05, 4.69) is 21.3 Å². The zero-order valence-corrected chi connectivity index (χ0v) is 17.9. The van der Waals surface area contributed by atoms with Crippen LogP contribution >= 0.6 is 0 Å². The first-order valence-corrected chi connectivity index (χ1v) is 10.2. The second kappa shape index (κ2) is 12.2. The van der Waals surface area contributed by atoms with Crippen molar-refractivity contribution in [1.29, 1.82) is 0 Å². The number of carbonyl (C=O) groups is 5. The monoisotopic (exact) mass is 444 g/mol. The van der Waals surface area contributed by atoms with Gasteiger partial charge in [0, 0.05) is 0 Å². The van der Waals surface area contributed by atoms with Gasteiger partial charge in [-0.3, -0.25) is 19.2 Å². The van der Waals surface area contributed by atoms with Gasteiger partial charge < -0.3 is 36.6 Å². The van der Waals surface area contributed by atoms with Crippen LogP contribution in [0.3, 0.4) is 0 Å². The van der Waals surface area contributed by atoms with E-state index in [4.69, 9.17) is 5.11 Å². The number of aliphatic hydroxyl groups is 1. The van der Waals surface area contributed by atoms with Gasteiger partial charge in [0.05, 0.1) is 18.6 Å². The van der Waals surface area contributed by atoms with Crippen LogP contribution in [0.2, 0.25) is 0 Å². The van der Waals surface area contributed by atoms with Crippen LogP contribution in [-0.2, 0) is 24.0 Å². The van der Waals surface area contributed by atoms with Crippen molar-refractivity contribution in [2.75, 3.05) is 6.54 Å². The molecule has 0 aromatic rings. The fraction of sp³-hybridized carbons (Fsp3) is 0.737. The maximum Gasteiger partial charge on any atom is 0.326 e. The van der Waals surface area contributed by atoms with Crippen molar-refractivity contribution in [2.24, 2.45) is 5.92 Å². The normalized spacial score (nSPS) is 19.7. The van der Waals surface area contributed by atoms with E-state index in [0.29, 0.717) is 13.0 Å². The lowest BCUT2D eigenvalue weighted by Gasteiger charge is -2.26. The Morgan fingerprint density at radius 1 is 0.968 bits per heavy atom. The average molecular weight is 444 g/mol. The number of carboxylic acid groups (broad SMARTS) is 2. The van der Waals surface area contributed by atoms with Crippen molar-refractivity contribution in [1.82, 2.24) is 21.3 Å². The maximum absolute atomic E-state index is 12.6. The Balaban J connectivity index is 2.88. The van der Waals surface area contributed by atoms with Gasteiger partial charge in [-0.25, -0.2) is 4.79 Å². The molecular weight excluding hydrogens is 412 g/mol. The Hall–Kier alpha value is -2.73. The van der Waals surface area contributed by atoms with Crippen LogP contribution in [0.25, 0.3) is 0 Å². The van der Waals surface area contributed by atoms with Gasteiger partial charge in [0.15, 0.2) is 0 Å². The Kier molecular flexibility index (Phi) is 10.4. The van der Waals surface area contributed by atoms with Crippen LogP contribution in [0, 0.1) is 5.92 Å². The first-order valence-electron chi connectivity index (χ1n) is 10.2. The van der Waals surface area contributed by atoms with Crippen molar-refractivity contribution in [3.05, 3.63) is 0 Å². The summed E-state index contributed by atoms with van der Waals surface area (Å²) in [5.74, 6) is -5.11. The molecule has 1 heterocycles. The van der Waals surface area contributed by atoms with Crippen LogP contribution in [-0.4, -0.2) is 81.8 Å². The van der Waals surface area contributed by atoms with Gasteiger partial charge in [-0.1, -0.05) is 13.8 Å². The average Bonchev–Trinajstić information content (AvgIpc) is 3.18. The molecule has 1 saturated heterocycles. The van der Waals surface area contributed by atoms with Crippen LogP contribution in [0.15, 0.2) is 0 Å². The summed E-state index contributed by atoms with van der Waals surface area (Å²) in [6.07, 6.45) is -0.704. The van der Waals surface area contributed by atoms with Crippen molar-refractivity contribution in [3.63, 3.8) is 0 Å². The Labute approximate surface area is 180 Å². The molecule has 1 rings (SSSR count). The lowest BCUT2D eigenvalue weighted by molar-refractivity contribution is -0.144.